The van der Waals surface area contributed by atoms with E-state index in [-0.39, 0.29) is 66.7 Å². The normalized spacial score (nSPS) is 21.3. The first-order valence-electron chi connectivity index (χ1n) is 23.7. The zero-order chi connectivity index (χ0) is 48.9. The maximum atomic E-state index is 14.5. The number of rotatable bonds is 26. The van der Waals surface area contributed by atoms with Gasteiger partial charge in [-0.2, -0.15) is 0 Å². The number of hydrogen-bond donors (Lipinski definition) is 3. The summed E-state index contributed by atoms with van der Waals surface area (Å²) in [5.41, 5.74) is 0.508. The maximum absolute atomic E-state index is 14.5. The van der Waals surface area contributed by atoms with Crippen LogP contribution >= 0.6 is 0 Å². The van der Waals surface area contributed by atoms with Gasteiger partial charge in [-0.15, -0.1) is 0 Å². The summed E-state index contributed by atoms with van der Waals surface area (Å²) in [4.78, 5) is 87.4. The van der Waals surface area contributed by atoms with E-state index >= 15 is 0 Å². The number of hydrogen-bond acceptors (Lipinski definition) is 10. The predicted octanol–water partition coefficient (Wildman–Crippen LogP) is 5.65. The first-order valence-corrected chi connectivity index (χ1v) is 23.7. The Balaban J connectivity index is 1.49. The minimum Gasteiger partial charge on any atom is -0.481 e. The van der Waals surface area contributed by atoms with E-state index in [1.165, 1.54) is 14.2 Å². The van der Waals surface area contributed by atoms with Gasteiger partial charge in [-0.3, -0.25) is 28.9 Å². The van der Waals surface area contributed by atoms with Gasteiger partial charge >= 0.3 is 11.9 Å². The van der Waals surface area contributed by atoms with Gasteiger partial charge in [-0.1, -0.05) is 116 Å². The molecule has 3 N–H and O–H groups in total. The van der Waals surface area contributed by atoms with Crippen molar-refractivity contribution in [3.05, 3.63) is 71.8 Å². The number of amides is 4. The van der Waals surface area contributed by atoms with E-state index < -0.39 is 59.8 Å². The van der Waals surface area contributed by atoms with Crippen LogP contribution < -0.4 is 10.6 Å². The van der Waals surface area contributed by atoms with Gasteiger partial charge in [0.05, 0.1) is 42.7 Å². The number of likely N-dealkylation sites (tertiary alicyclic amines) is 1. The molecule has 1 saturated heterocycles. The van der Waals surface area contributed by atoms with Crippen LogP contribution in [0.4, 0.5) is 0 Å². The number of esters is 1. The zero-order valence-corrected chi connectivity index (χ0v) is 41.2. The highest BCUT2D eigenvalue weighted by Gasteiger charge is 2.63. The van der Waals surface area contributed by atoms with Crippen molar-refractivity contribution in [2.24, 2.45) is 23.7 Å². The molecule has 0 spiro atoms. The van der Waals surface area contributed by atoms with Crippen LogP contribution in [0.15, 0.2) is 60.7 Å². The molecule has 366 valence electrons. The van der Waals surface area contributed by atoms with Crippen LogP contribution in [-0.4, -0.2) is 139 Å². The first-order chi connectivity index (χ1) is 31.3. The average Bonchev–Trinajstić information content (AvgIpc) is 3.82. The van der Waals surface area contributed by atoms with Crippen LogP contribution in [-0.2, 0) is 49.6 Å². The molecule has 0 radical (unpaired) electrons. The van der Waals surface area contributed by atoms with E-state index in [1.807, 2.05) is 107 Å². The molecule has 2 aliphatic rings. The van der Waals surface area contributed by atoms with Crippen LogP contribution in [0.1, 0.15) is 110 Å². The van der Waals surface area contributed by atoms with E-state index in [4.69, 9.17) is 19.3 Å². The van der Waals surface area contributed by atoms with Crippen molar-refractivity contribution in [3.8, 4) is 0 Å². The van der Waals surface area contributed by atoms with Crippen molar-refractivity contribution in [1.82, 2.24) is 25.3 Å². The Morgan fingerprint density at radius 2 is 1.52 bits per heavy atom. The second kappa shape index (κ2) is 24.8. The number of carbonyl (C=O) groups excluding carboxylic acids is 5. The van der Waals surface area contributed by atoms with Crippen molar-refractivity contribution in [1.29, 1.82) is 0 Å². The third-order valence-corrected chi connectivity index (χ3v) is 13.9. The SMILES string of the molecule is CCC(C)C(C(CC(=O)N1CCC[C@H]1C(OC)C(C)C(=O)N[C@@]1(C(=O)OCc2ccccc2)C[C@@H]1c1ccccc1)OC)N(C)C(=O)C(NC(=O)C(C(C)C)N(C)CCCC(=O)O)C(C)C. The number of methoxy groups -OCH3 is 2. The molecule has 10 atom stereocenters. The van der Waals surface area contributed by atoms with Gasteiger partial charge < -0.3 is 39.8 Å². The van der Waals surface area contributed by atoms with Crippen molar-refractivity contribution in [2.75, 3.05) is 41.4 Å². The molecule has 2 aromatic rings. The largest absolute Gasteiger partial charge is 0.481 e. The maximum Gasteiger partial charge on any atom is 0.332 e. The molecule has 15 nitrogen and oxygen atoms in total. The highest BCUT2D eigenvalue weighted by atomic mass is 16.5. The predicted molar refractivity (Wildman–Crippen MR) is 252 cm³/mol. The summed E-state index contributed by atoms with van der Waals surface area (Å²) in [5.74, 6) is -4.10. The Morgan fingerprint density at radius 3 is 2.08 bits per heavy atom. The fourth-order valence-electron chi connectivity index (χ4n) is 9.86. The molecule has 1 aliphatic carbocycles. The minimum atomic E-state index is -1.25. The Hall–Kier alpha value is -4.86. The topological polar surface area (TPSA) is 184 Å². The monoisotopic (exact) mass is 920 g/mol. The molecule has 2 fully saturated rings. The fourth-order valence-corrected chi connectivity index (χ4v) is 9.86. The van der Waals surface area contributed by atoms with E-state index in [9.17, 15) is 28.8 Å². The second-order valence-electron chi connectivity index (χ2n) is 19.2. The van der Waals surface area contributed by atoms with Crippen molar-refractivity contribution in [2.45, 2.75) is 148 Å². The molecule has 1 heterocycles. The van der Waals surface area contributed by atoms with Crippen LogP contribution in [0, 0.1) is 23.7 Å². The third-order valence-electron chi connectivity index (χ3n) is 13.9. The highest BCUT2D eigenvalue weighted by Crippen LogP contribution is 2.52. The molecule has 2 aromatic carbocycles. The molecule has 0 aromatic heterocycles. The lowest BCUT2D eigenvalue weighted by Gasteiger charge is -2.41. The number of carboxylic acids is 1. The molecule has 1 saturated carbocycles. The van der Waals surface area contributed by atoms with Gasteiger partial charge in [0, 0.05) is 40.2 Å². The van der Waals surface area contributed by atoms with Gasteiger partial charge in [0.15, 0.2) is 0 Å². The number of carboxylic acid groups (broad SMARTS) is 1. The Labute approximate surface area is 392 Å². The summed E-state index contributed by atoms with van der Waals surface area (Å²) in [6.07, 6.45) is 1.30. The average molecular weight is 920 g/mol. The Morgan fingerprint density at radius 1 is 0.879 bits per heavy atom. The Kier molecular flexibility index (Phi) is 20.2. The molecular formula is C51H77N5O10. The van der Waals surface area contributed by atoms with Crippen LogP contribution in [0.3, 0.4) is 0 Å². The van der Waals surface area contributed by atoms with Crippen LogP contribution in [0.25, 0.3) is 0 Å². The lowest BCUT2D eigenvalue weighted by molar-refractivity contribution is -0.152. The van der Waals surface area contributed by atoms with Crippen LogP contribution in [0.2, 0.25) is 0 Å². The van der Waals surface area contributed by atoms with Gasteiger partial charge in [0.25, 0.3) is 0 Å². The van der Waals surface area contributed by atoms with Crippen LogP contribution in [0.5, 0.6) is 0 Å². The molecule has 66 heavy (non-hydrogen) atoms. The molecule has 1 aliphatic heterocycles. The quantitative estimate of drug-likeness (QED) is 0.0991. The minimum absolute atomic E-state index is 0.0113. The molecule has 7 unspecified atom stereocenters. The number of ether oxygens (including phenoxy) is 3. The standard InChI is InChI=1S/C51H77N5O10/c1-12-34(6)45(55(9)49(62)43(32(2)3)52-48(61)44(33(4)5)54(8)27-20-26-42(58)59)40(64-10)29-41(57)56-28-19-25-39(56)46(65-11)35(7)47(60)53-51(30-38(51)37-23-17-14-18-24-37)50(63)66-31-36-21-15-13-16-22-36/h13-18,21-24,32-35,38-40,43-46H,12,19-20,25-31H2,1-11H3,(H,52,61)(H,53,60)(H,58,59)/t34?,35?,38-,39+,40?,43?,44?,45?,46?,51+/m1/s1. The number of aliphatic carboxylic acids is 1. The van der Waals surface area contributed by atoms with Crippen molar-refractivity contribution >= 4 is 35.6 Å². The summed E-state index contributed by atoms with van der Waals surface area (Å²) >= 11 is 0. The molecule has 4 rings (SSSR count). The van der Waals surface area contributed by atoms with Gasteiger partial charge in [0.2, 0.25) is 23.6 Å². The number of nitrogens with zero attached hydrogens (tertiary/aromatic N) is 3. The van der Waals surface area contributed by atoms with E-state index in [2.05, 4.69) is 10.6 Å². The van der Waals surface area contributed by atoms with Gasteiger partial charge in [0.1, 0.15) is 18.2 Å². The Bertz CT molecular complexity index is 1920. The van der Waals surface area contributed by atoms with Crippen molar-refractivity contribution in [3.63, 3.8) is 0 Å². The fraction of sp³-hybridized carbons (Fsp3) is 0.647. The summed E-state index contributed by atoms with van der Waals surface area (Å²) < 4.78 is 18.0. The lowest BCUT2D eigenvalue weighted by atomic mass is 9.89. The smallest absolute Gasteiger partial charge is 0.332 e. The van der Waals surface area contributed by atoms with E-state index in [1.54, 1.807) is 30.8 Å². The summed E-state index contributed by atoms with van der Waals surface area (Å²) in [5, 5.41) is 15.3. The van der Waals surface area contributed by atoms with E-state index in [0.29, 0.717) is 45.2 Å². The summed E-state index contributed by atoms with van der Waals surface area (Å²) in [6.45, 7) is 14.3. The number of nitrogens with one attached hydrogen (secondary N) is 2. The van der Waals surface area contributed by atoms with Gasteiger partial charge in [-0.25, -0.2) is 4.79 Å². The third kappa shape index (κ3) is 13.4. The first kappa shape index (κ1) is 53.8. The molecule has 15 heteroatoms. The number of likely N-dealkylation sites (N-methyl/N-ethyl adjacent to an activating group) is 2. The highest BCUT2D eigenvalue weighted by molar-refractivity contribution is 5.94. The molecule has 4 amide bonds. The number of benzene rings is 2. The van der Waals surface area contributed by atoms with Crippen molar-refractivity contribution < 1.29 is 48.1 Å². The summed E-state index contributed by atoms with van der Waals surface area (Å²) in [6, 6.07) is 16.5. The summed E-state index contributed by atoms with van der Waals surface area (Å²) in [7, 11) is 6.55. The second-order valence-corrected chi connectivity index (χ2v) is 19.2. The van der Waals surface area contributed by atoms with E-state index in [0.717, 1.165) is 11.1 Å². The molecule has 0 bridgehead atoms. The lowest BCUT2D eigenvalue weighted by Crippen LogP contribution is -2.60. The molecular weight excluding hydrogens is 843 g/mol. The number of carbonyl (C=O) groups is 6. The zero-order valence-electron chi connectivity index (χ0n) is 41.2. The van der Waals surface area contributed by atoms with Gasteiger partial charge in [-0.05, 0) is 68.2 Å².